The summed E-state index contributed by atoms with van der Waals surface area (Å²) in [7, 11) is 0. The first kappa shape index (κ1) is 22.5. The Labute approximate surface area is 173 Å². The minimum absolute atomic E-state index is 0. The summed E-state index contributed by atoms with van der Waals surface area (Å²) in [6.07, 6.45) is 5.37. The average molecular weight is 413 g/mol. The summed E-state index contributed by atoms with van der Waals surface area (Å²) in [6, 6.07) is 10.5. The molecule has 2 saturated carbocycles. The fourth-order valence-electron chi connectivity index (χ4n) is 4.29. The molecule has 1 amide bonds. The highest BCUT2D eigenvalue weighted by molar-refractivity contribution is 8.00. The van der Waals surface area contributed by atoms with E-state index in [4.69, 9.17) is 10.5 Å². The van der Waals surface area contributed by atoms with Crippen LogP contribution in [0.2, 0.25) is 0 Å². The van der Waals surface area contributed by atoms with E-state index in [-0.39, 0.29) is 34.6 Å². The first-order valence-corrected chi connectivity index (χ1v) is 10.6. The standard InChI is InChI=1S/C21H32N2O2S.ClH/c1-4-25-17-14-21(22,19(17,2)3)18(24)23-15-20(12-8-9-13-20)26-16-10-6-5-7-11-16;/h5-7,10-11,17H,4,8-9,12-15,22H2,1-3H3,(H,23,24);1H. The summed E-state index contributed by atoms with van der Waals surface area (Å²) in [6.45, 7) is 7.40. The molecule has 1 aromatic rings. The van der Waals surface area contributed by atoms with Crippen LogP contribution in [0.15, 0.2) is 35.2 Å². The van der Waals surface area contributed by atoms with E-state index in [1.54, 1.807) is 0 Å². The number of hydrogen-bond donors (Lipinski definition) is 2. The van der Waals surface area contributed by atoms with Gasteiger partial charge in [-0.15, -0.1) is 24.2 Å². The second-order valence-electron chi connectivity index (χ2n) is 8.33. The average Bonchev–Trinajstić information content (AvgIpc) is 3.09. The molecule has 2 atom stereocenters. The predicted molar refractivity (Wildman–Crippen MR) is 114 cm³/mol. The van der Waals surface area contributed by atoms with Gasteiger partial charge in [0.1, 0.15) is 5.54 Å². The largest absolute Gasteiger partial charge is 0.378 e. The smallest absolute Gasteiger partial charge is 0.240 e. The predicted octanol–water partition coefficient (Wildman–Crippen LogP) is 4.16. The third-order valence-corrected chi connectivity index (χ3v) is 7.89. The van der Waals surface area contributed by atoms with Gasteiger partial charge in [0.05, 0.1) is 6.10 Å². The number of thioether (sulfide) groups is 1. The minimum atomic E-state index is -0.843. The fraction of sp³-hybridized carbons (Fsp3) is 0.667. The highest BCUT2D eigenvalue weighted by Gasteiger charge is 2.63. The highest BCUT2D eigenvalue weighted by Crippen LogP contribution is 2.50. The summed E-state index contributed by atoms with van der Waals surface area (Å²) in [4.78, 5) is 14.2. The zero-order chi connectivity index (χ0) is 18.8. The van der Waals surface area contributed by atoms with Gasteiger partial charge >= 0.3 is 0 Å². The molecule has 4 nitrogen and oxygen atoms in total. The summed E-state index contributed by atoms with van der Waals surface area (Å²) in [5.74, 6) is -0.0293. The van der Waals surface area contributed by atoms with Crippen LogP contribution >= 0.6 is 24.2 Å². The number of rotatable bonds is 7. The number of hydrogen-bond acceptors (Lipinski definition) is 4. The molecule has 0 heterocycles. The van der Waals surface area contributed by atoms with Crippen molar-refractivity contribution in [1.82, 2.24) is 5.32 Å². The van der Waals surface area contributed by atoms with Gasteiger partial charge in [-0.1, -0.05) is 44.9 Å². The van der Waals surface area contributed by atoms with Crippen molar-refractivity contribution in [3.05, 3.63) is 30.3 Å². The van der Waals surface area contributed by atoms with Crippen molar-refractivity contribution in [1.29, 1.82) is 0 Å². The quantitative estimate of drug-likeness (QED) is 0.705. The van der Waals surface area contributed by atoms with Gasteiger partial charge in [-0.25, -0.2) is 0 Å². The molecule has 0 saturated heterocycles. The first-order valence-electron chi connectivity index (χ1n) is 9.76. The normalized spacial score (nSPS) is 28.1. The lowest BCUT2D eigenvalue weighted by molar-refractivity contribution is -0.170. The van der Waals surface area contributed by atoms with Crippen molar-refractivity contribution in [2.75, 3.05) is 13.2 Å². The molecule has 6 heteroatoms. The van der Waals surface area contributed by atoms with Crippen LogP contribution in [-0.4, -0.2) is 35.4 Å². The Morgan fingerprint density at radius 2 is 1.89 bits per heavy atom. The number of carbonyl (C=O) groups excluding carboxylic acids is 1. The lowest BCUT2D eigenvalue weighted by Crippen LogP contribution is -2.76. The van der Waals surface area contributed by atoms with Crippen molar-refractivity contribution in [3.63, 3.8) is 0 Å². The molecule has 2 aliphatic rings. The molecule has 27 heavy (non-hydrogen) atoms. The van der Waals surface area contributed by atoms with Gasteiger partial charge in [0.2, 0.25) is 5.91 Å². The summed E-state index contributed by atoms with van der Waals surface area (Å²) in [5, 5.41) is 3.21. The minimum Gasteiger partial charge on any atom is -0.378 e. The molecule has 3 N–H and O–H groups in total. The molecule has 3 rings (SSSR count). The Bertz CT molecular complexity index is 634. The molecular weight excluding hydrogens is 380 g/mol. The van der Waals surface area contributed by atoms with Crippen LogP contribution in [0.5, 0.6) is 0 Å². The molecule has 152 valence electrons. The monoisotopic (exact) mass is 412 g/mol. The maximum Gasteiger partial charge on any atom is 0.240 e. The molecule has 0 aromatic heterocycles. The van der Waals surface area contributed by atoms with Crippen LogP contribution in [0.4, 0.5) is 0 Å². The van der Waals surface area contributed by atoms with Crippen molar-refractivity contribution in [3.8, 4) is 0 Å². The van der Waals surface area contributed by atoms with Crippen LogP contribution in [0.3, 0.4) is 0 Å². The third-order valence-electron chi connectivity index (χ3n) is 6.40. The van der Waals surface area contributed by atoms with E-state index in [1.807, 2.05) is 38.6 Å². The number of nitrogens with one attached hydrogen (secondary N) is 1. The molecule has 2 unspecified atom stereocenters. The van der Waals surface area contributed by atoms with Gasteiger partial charge in [-0.2, -0.15) is 0 Å². The zero-order valence-electron chi connectivity index (χ0n) is 16.6. The van der Waals surface area contributed by atoms with Gasteiger partial charge in [0.15, 0.2) is 0 Å². The number of nitrogens with two attached hydrogens (primary N) is 1. The SMILES string of the molecule is CCOC1CC(N)(C(=O)NCC2(Sc3ccccc3)CCCC2)C1(C)C.Cl. The lowest BCUT2D eigenvalue weighted by atomic mass is 9.54. The van der Waals surface area contributed by atoms with E-state index in [0.717, 1.165) is 12.8 Å². The Kier molecular flexibility index (Phi) is 7.28. The molecule has 1 aromatic carbocycles. The maximum absolute atomic E-state index is 13.0. The van der Waals surface area contributed by atoms with Gasteiger partial charge in [0, 0.05) is 34.6 Å². The van der Waals surface area contributed by atoms with Gasteiger partial charge < -0.3 is 15.8 Å². The van der Waals surface area contributed by atoms with E-state index in [1.165, 1.54) is 17.7 Å². The van der Waals surface area contributed by atoms with E-state index >= 15 is 0 Å². The molecule has 2 fully saturated rings. The van der Waals surface area contributed by atoms with E-state index in [0.29, 0.717) is 19.6 Å². The molecule has 0 aliphatic heterocycles. The first-order chi connectivity index (χ1) is 12.3. The van der Waals surface area contributed by atoms with E-state index < -0.39 is 5.54 Å². The molecular formula is C21H33ClN2O2S. The topological polar surface area (TPSA) is 64.3 Å². The summed E-state index contributed by atoms with van der Waals surface area (Å²) >= 11 is 1.91. The number of amides is 1. The molecule has 0 spiro atoms. The zero-order valence-corrected chi connectivity index (χ0v) is 18.3. The highest BCUT2D eigenvalue weighted by atomic mass is 35.5. The fourth-order valence-corrected chi connectivity index (χ4v) is 5.72. The Hall–Kier alpha value is -0.750. The third kappa shape index (κ3) is 4.31. The Balaban J connectivity index is 0.00000261. The van der Waals surface area contributed by atoms with E-state index in [2.05, 4.69) is 29.6 Å². The number of ether oxygens (including phenoxy) is 1. The lowest BCUT2D eigenvalue weighted by Gasteiger charge is -2.57. The van der Waals surface area contributed by atoms with Crippen molar-refractivity contribution in [2.24, 2.45) is 11.1 Å². The van der Waals surface area contributed by atoms with Crippen molar-refractivity contribution >= 4 is 30.1 Å². The van der Waals surface area contributed by atoms with Crippen LogP contribution < -0.4 is 11.1 Å². The second-order valence-corrected chi connectivity index (χ2v) is 9.87. The molecule has 0 radical (unpaired) electrons. The molecule has 0 bridgehead atoms. The van der Waals surface area contributed by atoms with Crippen molar-refractivity contribution < 1.29 is 9.53 Å². The number of halogens is 1. The second kappa shape index (κ2) is 8.73. The summed E-state index contributed by atoms with van der Waals surface area (Å²) in [5.41, 5.74) is 5.34. The van der Waals surface area contributed by atoms with Crippen LogP contribution in [0.1, 0.15) is 52.9 Å². The van der Waals surface area contributed by atoms with Gasteiger partial charge in [0.25, 0.3) is 0 Å². The van der Waals surface area contributed by atoms with Crippen LogP contribution in [-0.2, 0) is 9.53 Å². The summed E-state index contributed by atoms with van der Waals surface area (Å²) < 4.78 is 5.84. The number of benzene rings is 1. The van der Waals surface area contributed by atoms with Gasteiger partial charge in [-0.05, 0) is 31.9 Å². The van der Waals surface area contributed by atoms with E-state index in [9.17, 15) is 4.79 Å². The Morgan fingerprint density at radius 1 is 1.26 bits per heavy atom. The van der Waals surface area contributed by atoms with Crippen LogP contribution in [0, 0.1) is 5.41 Å². The number of carbonyl (C=O) groups is 1. The van der Waals surface area contributed by atoms with Crippen molar-refractivity contribution in [2.45, 2.75) is 74.2 Å². The van der Waals surface area contributed by atoms with Gasteiger partial charge in [-0.3, -0.25) is 4.79 Å². The Morgan fingerprint density at radius 3 is 2.44 bits per heavy atom. The maximum atomic E-state index is 13.0. The molecule has 2 aliphatic carbocycles. The van der Waals surface area contributed by atoms with Crippen LogP contribution in [0.25, 0.3) is 0 Å².